The second kappa shape index (κ2) is 4.66. The summed E-state index contributed by atoms with van der Waals surface area (Å²) in [5.74, 6) is 1.03. The zero-order valence-corrected chi connectivity index (χ0v) is 11.7. The van der Waals surface area contributed by atoms with Crippen molar-refractivity contribution in [3.05, 3.63) is 32.9 Å². The molecular formula is C11H12Br2N2. The van der Waals surface area contributed by atoms with Crippen LogP contribution >= 0.6 is 31.9 Å². The fraction of sp³-hybridized carbons (Fsp3) is 0.364. The summed E-state index contributed by atoms with van der Waals surface area (Å²) in [6.07, 6.45) is 5.23. The van der Waals surface area contributed by atoms with Gasteiger partial charge < -0.3 is 4.90 Å². The van der Waals surface area contributed by atoms with Crippen LogP contribution in [0.15, 0.2) is 32.9 Å². The lowest BCUT2D eigenvalue weighted by molar-refractivity contribution is 0.773. The molecular weight excluding hydrogens is 320 g/mol. The first-order valence-corrected chi connectivity index (χ1v) is 6.47. The third-order valence-corrected chi connectivity index (χ3v) is 3.54. The molecule has 80 valence electrons. The summed E-state index contributed by atoms with van der Waals surface area (Å²) in [5.41, 5.74) is 1.47. The van der Waals surface area contributed by atoms with E-state index in [1.165, 1.54) is 5.57 Å². The minimum atomic E-state index is 0.957. The Balaban J connectivity index is 2.23. The first kappa shape index (κ1) is 11.1. The molecule has 1 aromatic rings. The minimum absolute atomic E-state index is 0.957. The molecule has 0 amide bonds. The van der Waals surface area contributed by atoms with Gasteiger partial charge in [0, 0.05) is 23.8 Å². The Morgan fingerprint density at radius 2 is 2.20 bits per heavy atom. The summed E-state index contributed by atoms with van der Waals surface area (Å²) >= 11 is 6.95. The maximum Gasteiger partial charge on any atom is 0.143 e. The van der Waals surface area contributed by atoms with Crippen molar-refractivity contribution in [2.75, 3.05) is 18.0 Å². The number of pyridine rings is 1. The number of hydrogen-bond acceptors (Lipinski definition) is 2. The summed E-state index contributed by atoms with van der Waals surface area (Å²) in [5, 5.41) is 0. The third-order valence-electron chi connectivity index (χ3n) is 2.52. The van der Waals surface area contributed by atoms with Gasteiger partial charge in [-0.25, -0.2) is 4.98 Å². The summed E-state index contributed by atoms with van der Waals surface area (Å²) in [6.45, 7) is 4.19. The van der Waals surface area contributed by atoms with Gasteiger partial charge in [0.25, 0.3) is 0 Å². The molecule has 2 heterocycles. The van der Waals surface area contributed by atoms with Gasteiger partial charge in [-0.15, -0.1) is 0 Å². The number of halogens is 2. The van der Waals surface area contributed by atoms with Crippen LogP contribution in [0.3, 0.4) is 0 Å². The van der Waals surface area contributed by atoms with Gasteiger partial charge in [-0.3, -0.25) is 0 Å². The third kappa shape index (κ3) is 2.61. The highest BCUT2D eigenvalue weighted by Gasteiger charge is 2.14. The summed E-state index contributed by atoms with van der Waals surface area (Å²) < 4.78 is 2.05. The van der Waals surface area contributed by atoms with Crippen LogP contribution in [-0.4, -0.2) is 18.1 Å². The van der Waals surface area contributed by atoms with Crippen molar-refractivity contribution in [2.24, 2.45) is 0 Å². The van der Waals surface area contributed by atoms with Crippen LogP contribution in [0.25, 0.3) is 0 Å². The molecule has 0 aromatic carbocycles. The second-order valence-corrected chi connectivity index (χ2v) is 5.48. The SMILES string of the molecule is CC1=CCN(c2ncc(Br)cc2Br)CC1. The molecule has 0 spiro atoms. The van der Waals surface area contributed by atoms with Crippen molar-refractivity contribution in [1.29, 1.82) is 0 Å². The average Bonchev–Trinajstić information content (AvgIpc) is 2.20. The van der Waals surface area contributed by atoms with Crippen molar-refractivity contribution in [1.82, 2.24) is 4.98 Å². The van der Waals surface area contributed by atoms with E-state index in [0.717, 1.165) is 34.3 Å². The first-order valence-electron chi connectivity index (χ1n) is 4.88. The van der Waals surface area contributed by atoms with Crippen LogP contribution in [0.4, 0.5) is 5.82 Å². The Morgan fingerprint density at radius 1 is 1.40 bits per heavy atom. The highest BCUT2D eigenvalue weighted by atomic mass is 79.9. The normalized spacial score (nSPS) is 16.5. The highest BCUT2D eigenvalue weighted by Crippen LogP contribution is 2.28. The van der Waals surface area contributed by atoms with Crippen LogP contribution < -0.4 is 4.90 Å². The zero-order valence-electron chi connectivity index (χ0n) is 8.50. The monoisotopic (exact) mass is 330 g/mol. The second-order valence-electron chi connectivity index (χ2n) is 3.71. The molecule has 0 unspecified atom stereocenters. The van der Waals surface area contributed by atoms with Crippen LogP contribution in [0.5, 0.6) is 0 Å². The molecule has 0 bridgehead atoms. The molecule has 0 radical (unpaired) electrons. The van der Waals surface area contributed by atoms with E-state index >= 15 is 0 Å². The number of aromatic nitrogens is 1. The molecule has 1 aliphatic heterocycles. The minimum Gasteiger partial charge on any atom is -0.352 e. The van der Waals surface area contributed by atoms with Gasteiger partial charge in [-0.05, 0) is 51.3 Å². The maximum atomic E-state index is 4.43. The van der Waals surface area contributed by atoms with Crippen molar-refractivity contribution in [3.63, 3.8) is 0 Å². The Labute approximate surface area is 107 Å². The van der Waals surface area contributed by atoms with Gasteiger partial charge in [-0.2, -0.15) is 0 Å². The van der Waals surface area contributed by atoms with E-state index in [0.29, 0.717) is 0 Å². The van der Waals surface area contributed by atoms with Gasteiger partial charge >= 0.3 is 0 Å². The molecule has 0 N–H and O–H groups in total. The van der Waals surface area contributed by atoms with Crippen LogP contribution in [0, 0.1) is 0 Å². The molecule has 2 nitrogen and oxygen atoms in total. The summed E-state index contributed by atoms with van der Waals surface area (Å²) in [4.78, 5) is 6.71. The molecule has 1 aliphatic rings. The van der Waals surface area contributed by atoms with Gasteiger partial charge in [0.1, 0.15) is 5.82 Å². The zero-order chi connectivity index (χ0) is 10.8. The highest BCUT2D eigenvalue weighted by molar-refractivity contribution is 9.11. The van der Waals surface area contributed by atoms with Crippen LogP contribution in [0.1, 0.15) is 13.3 Å². The predicted octanol–water partition coefficient (Wildman–Crippen LogP) is 3.76. The molecule has 15 heavy (non-hydrogen) atoms. The molecule has 4 heteroatoms. The lowest BCUT2D eigenvalue weighted by Crippen LogP contribution is -2.29. The van der Waals surface area contributed by atoms with Crippen molar-refractivity contribution >= 4 is 37.7 Å². The Kier molecular flexibility index (Phi) is 3.46. The summed E-state index contributed by atoms with van der Waals surface area (Å²) in [6, 6.07) is 2.04. The first-order chi connectivity index (χ1) is 7.16. The predicted molar refractivity (Wildman–Crippen MR) is 70.2 cm³/mol. The molecule has 1 aromatic heterocycles. The van der Waals surface area contributed by atoms with E-state index < -0.39 is 0 Å². The van der Waals surface area contributed by atoms with E-state index in [2.05, 4.69) is 54.7 Å². The fourth-order valence-electron chi connectivity index (χ4n) is 1.60. The van der Waals surface area contributed by atoms with Crippen LogP contribution in [0.2, 0.25) is 0 Å². The number of hydrogen-bond donors (Lipinski definition) is 0. The van der Waals surface area contributed by atoms with Crippen molar-refractivity contribution < 1.29 is 0 Å². The van der Waals surface area contributed by atoms with E-state index in [4.69, 9.17) is 0 Å². The van der Waals surface area contributed by atoms with E-state index in [1.54, 1.807) is 0 Å². The average molecular weight is 332 g/mol. The number of anilines is 1. The van der Waals surface area contributed by atoms with Gasteiger partial charge in [0.15, 0.2) is 0 Å². The van der Waals surface area contributed by atoms with Crippen molar-refractivity contribution in [2.45, 2.75) is 13.3 Å². The van der Waals surface area contributed by atoms with Gasteiger partial charge in [0.2, 0.25) is 0 Å². The Bertz CT molecular complexity index is 402. The van der Waals surface area contributed by atoms with Gasteiger partial charge in [-0.1, -0.05) is 11.6 Å². The summed E-state index contributed by atoms with van der Waals surface area (Å²) in [7, 11) is 0. The Morgan fingerprint density at radius 3 is 2.80 bits per heavy atom. The largest absolute Gasteiger partial charge is 0.352 e. The Hall–Kier alpha value is -0.350. The van der Waals surface area contributed by atoms with Crippen LogP contribution in [-0.2, 0) is 0 Å². The molecule has 0 saturated carbocycles. The van der Waals surface area contributed by atoms with E-state index in [9.17, 15) is 0 Å². The smallest absolute Gasteiger partial charge is 0.143 e. The number of rotatable bonds is 1. The fourth-order valence-corrected chi connectivity index (χ4v) is 2.84. The molecule has 0 atom stereocenters. The maximum absolute atomic E-state index is 4.43. The van der Waals surface area contributed by atoms with E-state index in [1.807, 2.05) is 12.3 Å². The van der Waals surface area contributed by atoms with E-state index in [-0.39, 0.29) is 0 Å². The van der Waals surface area contributed by atoms with Crippen molar-refractivity contribution in [3.8, 4) is 0 Å². The lowest BCUT2D eigenvalue weighted by atomic mass is 10.1. The molecule has 0 fully saturated rings. The van der Waals surface area contributed by atoms with Gasteiger partial charge in [0.05, 0.1) is 4.47 Å². The molecule has 0 aliphatic carbocycles. The quantitative estimate of drug-likeness (QED) is 0.728. The number of nitrogens with zero attached hydrogens (tertiary/aromatic N) is 2. The lowest BCUT2D eigenvalue weighted by Gasteiger charge is -2.27. The standard InChI is InChI=1S/C11H12Br2N2/c1-8-2-4-15(5-3-8)11-10(13)6-9(12)7-14-11/h2,6-7H,3-5H2,1H3. The topological polar surface area (TPSA) is 16.1 Å². The molecule has 2 rings (SSSR count). The molecule has 0 saturated heterocycles.